The summed E-state index contributed by atoms with van der Waals surface area (Å²) in [5.74, 6) is -0.415. The lowest BCUT2D eigenvalue weighted by molar-refractivity contribution is -0.129. The monoisotopic (exact) mass is 321 g/mol. The van der Waals surface area contributed by atoms with Gasteiger partial charge in [-0.25, -0.2) is 0 Å². The van der Waals surface area contributed by atoms with E-state index >= 15 is 0 Å². The highest BCUT2D eigenvalue weighted by molar-refractivity contribution is 8.93. The minimum absolute atomic E-state index is 0. The van der Waals surface area contributed by atoms with Gasteiger partial charge in [0.1, 0.15) is 6.04 Å². The molecule has 0 saturated heterocycles. The Kier molecular flexibility index (Phi) is 8.18. The second kappa shape index (κ2) is 8.48. The highest BCUT2D eigenvalue weighted by atomic mass is 79.9. The Labute approximate surface area is 119 Å². The Morgan fingerprint density at radius 1 is 1.11 bits per heavy atom. The van der Waals surface area contributed by atoms with E-state index in [1.807, 2.05) is 0 Å². The van der Waals surface area contributed by atoms with Gasteiger partial charge in [0.2, 0.25) is 11.8 Å². The first kappa shape index (κ1) is 17.4. The molecule has 1 saturated carbocycles. The van der Waals surface area contributed by atoms with Gasteiger partial charge in [-0.3, -0.25) is 9.59 Å². The number of carbonyl (C=O) groups is 2. The molecule has 0 bridgehead atoms. The van der Waals surface area contributed by atoms with Gasteiger partial charge in [0, 0.05) is 6.04 Å². The topological polar surface area (TPSA) is 84.2 Å². The van der Waals surface area contributed by atoms with Crippen molar-refractivity contribution in [3.63, 3.8) is 0 Å². The van der Waals surface area contributed by atoms with Crippen LogP contribution in [0.15, 0.2) is 0 Å². The zero-order valence-electron chi connectivity index (χ0n) is 11.1. The number of nitrogens with one attached hydrogen (secondary N) is 2. The van der Waals surface area contributed by atoms with Crippen LogP contribution in [0, 0.1) is 0 Å². The molecule has 1 aliphatic carbocycles. The molecule has 1 aliphatic rings. The van der Waals surface area contributed by atoms with E-state index in [2.05, 4.69) is 10.6 Å². The molecule has 0 heterocycles. The number of hydrogen-bond donors (Lipinski definition) is 3. The molecule has 2 atom stereocenters. The van der Waals surface area contributed by atoms with Crippen molar-refractivity contribution in [3.05, 3.63) is 0 Å². The minimum Gasteiger partial charge on any atom is -0.352 e. The summed E-state index contributed by atoms with van der Waals surface area (Å²) < 4.78 is 0. The number of halogens is 1. The Morgan fingerprint density at radius 2 is 1.67 bits per heavy atom. The summed E-state index contributed by atoms with van der Waals surface area (Å²) in [6.45, 7) is 3.28. The van der Waals surface area contributed by atoms with Crippen molar-refractivity contribution in [2.45, 2.75) is 64.1 Å². The summed E-state index contributed by atoms with van der Waals surface area (Å²) in [7, 11) is 0. The van der Waals surface area contributed by atoms with E-state index in [0.717, 1.165) is 12.8 Å². The molecule has 106 valence electrons. The highest BCUT2D eigenvalue weighted by Crippen LogP contribution is 2.17. The number of nitrogens with two attached hydrogens (primary N) is 1. The van der Waals surface area contributed by atoms with Crippen molar-refractivity contribution >= 4 is 28.8 Å². The van der Waals surface area contributed by atoms with Gasteiger partial charge < -0.3 is 16.4 Å². The van der Waals surface area contributed by atoms with Crippen molar-refractivity contribution in [3.8, 4) is 0 Å². The van der Waals surface area contributed by atoms with Crippen LogP contribution in [0.4, 0.5) is 0 Å². The van der Waals surface area contributed by atoms with Gasteiger partial charge in [0.05, 0.1) is 6.04 Å². The van der Waals surface area contributed by atoms with Gasteiger partial charge in [-0.05, 0) is 26.7 Å². The fourth-order valence-electron chi connectivity index (χ4n) is 1.98. The van der Waals surface area contributed by atoms with Gasteiger partial charge in [0.15, 0.2) is 0 Å². The third kappa shape index (κ3) is 5.82. The van der Waals surface area contributed by atoms with Crippen LogP contribution in [0.25, 0.3) is 0 Å². The van der Waals surface area contributed by atoms with E-state index in [9.17, 15) is 9.59 Å². The molecular formula is C12H24BrN3O2. The van der Waals surface area contributed by atoms with Gasteiger partial charge in [0.25, 0.3) is 0 Å². The molecule has 0 radical (unpaired) electrons. The zero-order chi connectivity index (χ0) is 12.8. The number of hydrogen-bond acceptors (Lipinski definition) is 3. The maximum atomic E-state index is 11.8. The summed E-state index contributed by atoms with van der Waals surface area (Å²) >= 11 is 0. The highest BCUT2D eigenvalue weighted by Gasteiger charge is 2.21. The molecule has 0 aromatic heterocycles. The van der Waals surface area contributed by atoms with Crippen LogP contribution in [0.5, 0.6) is 0 Å². The van der Waals surface area contributed by atoms with E-state index in [1.165, 1.54) is 19.3 Å². The van der Waals surface area contributed by atoms with E-state index in [4.69, 9.17) is 5.73 Å². The zero-order valence-corrected chi connectivity index (χ0v) is 12.8. The van der Waals surface area contributed by atoms with Crippen LogP contribution in [0.2, 0.25) is 0 Å². The van der Waals surface area contributed by atoms with Crippen molar-refractivity contribution in [1.82, 2.24) is 10.6 Å². The smallest absolute Gasteiger partial charge is 0.242 e. The molecule has 2 amide bonds. The average molecular weight is 322 g/mol. The van der Waals surface area contributed by atoms with E-state index in [-0.39, 0.29) is 34.8 Å². The lowest BCUT2D eigenvalue weighted by Gasteiger charge is -2.25. The summed E-state index contributed by atoms with van der Waals surface area (Å²) in [5, 5.41) is 5.56. The van der Waals surface area contributed by atoms with E-state index < -0.39 is 12.1 Å². The third-order valence-electron chi connectivity index (χ3n) is 3.12. The van der Waals surface area contributed by atoms with Crippen LogP contribution in [0.3, 0.4) is 0 Å². The molecule has 0 aromatic rings. The molecular weight excluding hydrogens is 298 g/mol. The second-order valence-corrected chi connectivity index (χ2v) is 4.86. The van der Waals surface area contributed by atoms with Crippen LogP contribution in [-0.4, -0.2) is 29.9 Å². The third-order valence-corrected chi connectivity index (χ3v) is 3.12. The second-order valence-electron chi connectivity index (χ2n) is 4.86. The molecule has 6 heteroatoms. The van der Waals surface area contributed by atoms with Crippen LogP contribution < -0.4 is 16.4 Å². The number of carbonyl (C=O) groups excluding carboxylic acids is 2. The van der Waals surface area contributed by atoms with Crippen molar-refractivity contribution in [1.29, 1.82) is 0 Å². The Balaban J connectivity index is 0.00000289. The maximum Gasteiger partial charge on any atom is 0.242 e. The summed E-state index contributed by atoms with van der Waals surface area (Å²) in [6, 6.07) is -0.832. The van der Waals surface area contributed by atoms with Crippen LogP contribution >= 0.6 is 17.0 Å². The molecule has 4 N–H and O–H groups in total. The van der Waals surface area contributed by atoms with Gasteiger partial charge >= 0.3 is 0 Å². The lowest BCUT2D eigenvalue weighted by atomic mass is 9.95. The van der Waals surface area contributed by atoms with Crippen LogP contribution in [-0.2, 0) is 9.59 Å². The normalized spacial score (nSPS) is 19.3. The van der Waals surface area contributed by atoms with Crippen LogP contribution in [0.1, 0.15) is 46.0 Å². The van der Waals surface area contributed by atoms with Crippen molar-refractivity contribution in [2.75, 3.05) is 0 Å². The van der Waals surface area contributed by atoms with Crippen molar-refractivity contribution in [2.24, 2.45) is 5.73 Å². The Bertz CT molecular complexity index is 278. The Morgan fingerprint density at radius 3 is 2.17 bits per heavy atom. The molecule has 0 aliphatic heterocycles. The predicted octanol–water partition coefficient (Wildman–Crippen LogP) is 0.865. The molecule has 1 rings (SSSR count). The molecule has 0 unspecified atom stereocenters. The molecule has 1 fully saturated rings. The first-order valence-electron chi connectivity index (χ1n) is 6.37. The fourth-order valence-corrected chi connectivity index (χ4v) is 1.98. The standard InChI is InChI=1S/C12H23N3O2.BrH/c1-8(13)11(16)14-9(2)12(17)15-10-6-4-3-5-7-10;/h8-10H,3-7,13H2,1-2H3,(H,14,16)(H,15,17);1H/t8-,9-;/m0./s1. The minimum atomic E-state index is -0.583. The predicted molar refractivity (Wildman–Crippen MR) is 76.6 cm³/mol. The quantitative estimate of drug-likeness (QED) is 0.718. The molecule has 0 spiro atoms. The summed E-state index contributed by atoms with van der Waals surface area (Å²) in [4.78, 5) is 23.1. The van der Waals surface area contributed by atoms with Gasteiger partial charge in [-0.1, -0.05) is 19.3 Å². The SMILES string of the molecule is Br.C[C@H](N)C(=O)N[C@@H](C)C(=O)NC1CCCCC1. The van der Waals surface area contributed by atoms with Gasteiger partial charge in [-0.15, -0.1) is 17.0 Å². The maximum absolute atomic E-state index is 11.8. The van der Waals surface area contributed by atoms with Gasteiger partial charge in [-0.2, -0.15) is 0 Å². The van der Waals surface area contributed by atoms with Crippen molar-refractivity contribution < 1.29 is 9.59 Å². The van der Waals surface area contributed by atoms with E-state index in [0.29, 0.717) is 0 Å². The number of rotatable bonds is 4. The molecule has 0 aromatic carbocycles. The first-order valence-corrected chi connectivity index (χ1v) is 6.37. The Hall–Kier alpha value is -0.620. The fraction of sp³-hybridized carbons (Fsp3) is 0.833. The molecule has 5 nitrogen and oxygen atoms in total. The summed E-state index contributed by atoms with van der Waals surface area (Å²) in [5.41, 5.74) is 5.42. The van der Waals surface area contributed by atoms with E-state index in [1.54, 1.807) is 13.8 Å². The number of amides is 2. The largest absolute Gasteiger partial charge is 0.352 e. The molecule has 18 heavy (non-hydrogen) atoms. The average Bonchev–Trinajstić information content (AvgIpc) is 2.29. The summed E-state index contributed by atoms with van der Waals surface area (Å²) in [6.07, 6.45) is 5.68. The lowest BCUT2D eigenvalue weighted by Crippen LogP contribution is -2.51. The first-order chi connectivity index (χ1) is 8.00.